The zero-order chi connectivity index (χ0) is 16.3. The molecule has 120 valence electrons. The van der Waals surface area contributed by atoms with Crippen molar-refractivity contribution in [3.05, 3.63) is 16.3 Å². The number of carbonyl (C=O) groups excluding carboxylic acids is 1. The molecule has 2 rings (SSSR count). The van der Waals surface area contributed by atoms with E-state index in [1.807, 2.05) is 20.8 Å². The predicted octanol–water partition coefficient (Wildman–Crippen LogP) is 3.65. The lowest BCUT2D eigenvalue weighted by Crippen LogP contribution is -2.19. The van der Waals surface area contributed by atoms with Gasteiger partial charge in [-0.15, -0.1) is 11.3 Å². The zero-order valence-electron chi connectivity index (χ0n) is 13.5. The number of fused-ring (bicyclic) bond motifs is 1. The average molecular weight is 339 g/mol. The minimum atomic E-state index is -0.288. The van der Waals surface area contributed by atoms with Crippen LogP contribution in [0.2, 0.25) is 0 Å². The Morgan fingerprint density at radius 1 is 1.41 bits per heavy atom. The first-order valence-electron chi connectivity index (χ1n) is 7.18. The van der Waals surface area contributed by atoms with Gasteiger partial charge in [0.1, 0.15) is 21.3 Å². The van der Waals surface area contributed by atoms with Crippen molar-refractivity contribution >= 4 is 45.1 Å². The van der Waals surface area contributed by atoms with E-state index in [0.717, 1.165) is 27.4 Å². The lowest BCUT2D eigenvalue weighted by Gasteiger charge is -2.14. The first-order valence-corrected chi connectivity index (χ1v) is 9.39. The lowest BCUT2D eigenvalue weighted by atomic mass is 10.2. The molecule has 0 aliphatic heterocycles. The third-order valence-electron chi connectivity index (χ3n) is 3.16. The molecule has 1 N–H and O–H groups in total. The fraction of sp³-hybridized carbons (Fsp3) is 0.533. The first-order chi connectivity index (χ1) is 10.5. The van der Waals surface area contributed by atoms with Gasteiger partial charge in [0.2, 0.25) is 0 Å². The Kier molecular flexibility index (Phi) is 5.63. The second kappa shape index (κ2) is 7.28. The molecule has 7 heteroatoms. The molecule has 5 nitrogen and oxygen atoms in total. The molecule has 0 spiro atoms. The number of nitrogens with zero attached hydrogens (tertiary/aromatic N) is 2. The maximum atomic E-state index is 12.1. The van der Waals surface area contributed by atoms with Crippen molar-refractivity contribution in [3.8, 4) is 0 Å². The molecule has 0 radical (unpaired) electrons. The van der Waals surface area contributed by atoms with E-state index in [-0.39, 0.29) is 12.0 Å². The number of rotatable bonds is 6. The molecule has 0 saturated heterocycles. The number of hydrogen-bond acceptors (Lipinski definition) is 7. The average Bonchev–Trinajstić information content (AvgIpc) is 2.76. The summed E-state index contributed by atoms with van der Waals surface area (Å²) < 4.78 is 5.13. The van der Waals surface area contributed by atoms with E-state index in [0.29, 0.717) is 17.3 Å². The molecular formula is C15H21N3O2S2. The molecule has 1 atom stereocenters. The van der Waals surface area contributed by atoms with E-state index >= 15 is 0 Å². The van der Waals surface area contributed by atoms with Crippen LogP contribution in [0.4, 0.5) is 5.82 Å². The Morgan fingerprint density at radius 3 is 2.77 bits per heavy atom. The van der Waals surface area contributed by atoms with Crippen LogP contribution in [0.15, 0.2) is 0 Å². The molecular weight excluding hydrogens is 318 g/mol. The Balaban J connectivity index is 2.50. The number of thioether (sulfide) groups is 1. The SMILES string of the molecule is CCOC(=O)c1sc2nc(C)nc(NC(C)CSC)c2c1C. The molecule has 0 fully saturated rings. The largest absolute Gasteiger partial charge is 0.462 e. The number of esters is 1. The summed E-state index contributed by atoms with van der Waals surface area (Å²) in [6.45, 7) is 8.08. The van der Waals surface area contributed by atoms with Crippen LogP contribution in [0.5, 0.6) is 0 Å². The zero-order valence-corrected chi connectivity index (χ0v) is 15.2. The van der Waals surface area contributed by atoms with Crippen LogP contribution in [0, 0.1) is 13.8 Å². The highest BCUT2D eigenvalue weighted by Gasteiger charge is 2.21. The van der Waals surface area contributed by atoms with Gasteiger partial charge in [0.05, 0.1) is 12.0 Å². The fourth-order valence-electron chi connectivity index (χ4n) is 2.27. The second-order valence-corrected chi connectivity index (χ2v) is 6.99. The number of nitrogens with one attached hydrogen (secondary N) is 1. The molecule has 1 unspecified atom stereocenters. The Morgan fingerprint density at radius 2 is 2.14 bits per heavy atom. The summed E-state index contributed by atoms with van der Waals surface area (Å²) in [5.74, 6) is 2.19. The predicted molar refractivity (Wildman–Crippen MR) is 94.3 cm³/mol. The summed E-state index contributed by atoms with van der Waals surface area (Å²) in [5, 5.41) is 4.36. The van der Waals surface area contributed by atoms with Gasteiger partial charge in [0.15, 0.2) is 0 Å². The first kappa shape index (κ1) is 17.0. The summed E-state index contributed by atoms with van der Waals surface area (Å²) in [7, 11) is 0. The van der Waals surface area contributed by atoms with Gasteiger partial charge in [-0.2, -0.15) is 11.8 Å². The highest BCUT2D eigenvalue weighted by molar-refractivity contribution is 7.98. The maximum absolute atomic E-state index is 12.1. The lowest BCUT2D eigenvalue weighted by molar-refractivity contribution is 0.0531. The number of carbonyl (C=O) groups is 1. The van der Waals surface area contributed by atoms with Crippen molar-refractivity contribution in [2.75, 3.05) is 23.9 Å². The van der Waals surface area contributed by atoms with Crippen molar-refractivity contribution < 1.29 is 9.53 Å². The third-order valence-corrected chi connectivity index (χ3v) is 5.16. The van der Waals surface area contributed by atoms with Gasteiger partial charge in [-0.1, -0.05) is 0 Å². The summed E-state index contributed by atoms with van der Waals surface area (Å²) in [6.07, 6.45) is 2.08. The van der Waals surface area contributed by atoms with Gasteiger partial charge >= 0.3 is 5.97 Å². The number of thiophene rings is 1. The van der Waals surface area contributed by atoms with E-state index in [1.165, 1.54) is 11.3 Å². The van der Waals surface area contributed by atoms with E-state index < -0.39 is 0 Å². The van der Waals surface area contributed by atoms with Crippen molar-refractivity contribution in [1.29, 1.82) is 0 Å². The van der Waals surface area contributed by atoms with E-state index in [2.05, 4.69) is 28.5 Å². The quantitative estimate of drug-likeness (QED) is 0.811. The van der Waals surface area contributed by atoms with E-state index in [4.69, 9.17) is 4.74 Å². The standard InChI is InChI=1S/C15H21N3O2S2/c1-6-20-15(19)12-9(3)11-13(16-8(2)7-21-5)17-10(4)18-14(11)22-12/h8H,6-7H2,1-5H3,(H,16,17,18). The molecule has 0 saturated carbocycles. The van der Waals surface area contributed by atoms with Crippen LogP contribution in [0.3, 0.4) is 0 Å². The van der Waals surface area contributed by atoms with Crippen LogP contribution in [0.25, 0.3) is 10.2 Å². The number of aromatic nitrogens is 2. The topological polar surface area (TPSA) is 64.1 Å². The summed E-state index contributed by atoms with van der Waals surface area (Å²) in [5.41, 5.74) is 0.886. The minimum Gasteiger partial charge on any atom is -0.462 e. The normalized spacial score (nSPS) is 12.4. The number of ether oxygens (including phenoxy) is 1. The molecule has 2 aromatic heterocycles. The highest BCUT2D eigenvalue weighted by Crippen LogP contribution is 2.34. The highest BCUT2D eigenvalue weighted by atomic mass is 32.2. The van der Waals surface area contributed by atoms with Crippen LogP contribution in [0.1, 0.15) is 34.9 Å². The molecule has 2 aromatic rings. The fourth-order valence-corrected chi connectivity index (χ4v) is 3.97. The number of aryl methyl sites for hydroxylation is 2. The smallest absolute Gasteiger partial charge is 0.348 e. The van der Waals surface area contributed by atoms with Gasteiger partial charge in [-0.05, 0) is 39.5 Å². The van der Waals surface area contributed by atoms with Crippen molar-refractivity contribution in [2.24, 2.45) is 0 Å². The minimum absolute atomic E-state index is 0.288. The van der Waals surface area contributed by atoms with Crippen LogP contribution in [-0.2, 0) is 4.74 Å². The van der Waals surface area contributed by atoms with Crippen LogP contribution >= 0.6 is 23.1 Å². The molecule has 0 aliphatic rings. The van der Waals surface area contributed by atoms with Gasteiger partial charge in [-0.3, -0.25) is 0 Å². The van der Waals surface area contributed by atoms with Gasteiger partial charge in [-0.25, -0.2) is 14.8 Å². The van der Waals surface area contributed by atoms with Crippen LogP contribution in [-0.4, -0.2) is 40.6 Å². The monoisotopic (exact) mass is 339 g/mol. The van der Waals surface area contributed by atoms with Crippen LogP contribution < -0.4 is 5.32 Å². The molecule has 0 amide bonds. The number of anilines is 1. The summed E-state index contributed by atoms with van der Waals surface area (Å²) in [4.78, 5) is 22.5. The molecule has 2 heterocycles. The molecule has 0 aliphatic carbocycles. The number of hydrogen-bond donors (Lipinski definition) is 1. The Hall–Kier alpha value is -1.34. The second-order valence-electron chi connectivity index (χ2n) is 5.08. The van der Waals surface area contributed by atoms with Crippen molar-refractivity contribution in [2.45, 2.75) is 33.7 Å². The van der Waals surface area contributed by atoms with E-state index in [9.17, 15) is 4.79 Å². The summed E-state index contributed by atoms with van der Waals surface area (Å²) in [6, 6.07) is 0.290. The molecule has 22 heavy (non-hydrogen) atoms. The molecule has 0 bridgehead atoms. The molecule has 0 aromatic carbocycles. The Bertz CT molecular complexity index is 685. The Labute approximate surface area is 138 Å². The van der Waals surface area contributed by atoms with Crippen molar-refractivity contribution in [1.82, 2.24) is 9.97 Å². The van der Waals surface area contributed by atoms with E-state index in [1.54, 1.807) is 11.8 Å². The van der Waals surface area contributed by atoms with Gasteiger partial charge < -0.3 is 10.1 Å². The van der Waals surface area contributed by atoms with Gasteiger partial charge in [0, 0.05) is 11.8 Å². The van der Waals surface area contributed by atoms with Gasteiger partial charge in [0.25, 0.3) is 0 Å². The maximum Gasteiger partial charge on any atom is 0.348 e. The summed E-state index contributed by atoms with van der Waals surface area (Å²) >= 11 is 3.15. The van der Waals surface area contributed by atoms with Crippen molar-refractivity contribution in [3.63, 3.8) is 0 Å². The third kappa shape index (κ3) is 3.52.